The molecule has 3 nitrogen and oxygen atoms in total. The van der Waals surface area contributed by atoms with E-state index in [0.717, 1.165) is 35.9 Å². The minimum Gasteiger partial charge on any atom is -0.398 e. The summed E-state index contributed by atoms with van der Waals surface area (Å²) in [5.74, 6) is 0.197. The van der Waals surface area contributed by atoms with Crippen LogP contribution in [0.1, 0.15) is 17.0 Å². The van der Waals surface area contributed by atoms with Gasteiger partial charge in [-0.25, -0.2) is 0 Å². The molecule has 2 aromatic rings. The number of nitrogen functional groups attached to an aromatic ring is 1. The van der Waals surface area contributed by atoms with Crippen LogP contribution in [0.25, 0.3) is 0 Å². The van der Waals surface area contributed by atoms with Crippen molar-refractivity contribution in [2.45, 2.75) is 18.5 Å². The zero-order valence-electron chi connectivity index (χ0n) is 11.9. The molecule has 4 N–H and O–H groups in total. The molecule has 1 heterocycles. The molecule has 2 atom stereocenters. The molecular weight excluding hydrogens is 282 g/mol. The van der Waals surface area contributed by atoms with Crippen molar-refractivity contribution < 1.29 is 0 Å². The van der Waals surface area contributed by atoms with E-state index in [2.05, 4.69) is 29.2 Å². The molecule has 0 aliphatic carbocycles. The van der Waals surface area contributed by atoms with Crippen LogP contribution in [0.5, 0.6) is 0 Å². The quantitative estimate of drug-likeness (QED) is 0.857. The van der Waals surface area contributed by atoms with Crippen LogP contribution in [0.2, 0.25) is 5.02 Å². The Labute approximate surface area is 130 Å². The summed E-state index contributed by atoms with van der Waals surface area (Å²) in [6.45, 7) is 2.67. The van der Waals surface area contributed by atoms with Gasteiger partial charge in [0.25, 0.3) is 0 Å². The number of hydrogen-bond acceptors (Lipinski definition) is 3. The summed E-state index contributed by atoms with van der Waals surface area (Å²) in [6.07, 6.45) is 0. The van der Waals surface area contributed by atoms with Gasteiger partial charge in [-0.15, -0.1) is 0 Å². The van der Waals surface area contributed by atoms with Gasteiger partial charge in [0, 0.05) is 42.3 Å². The van der Waals surface area contributed by atoms with Gasteiger partial charge >= 0.3 is 0 Å². The highest BCUT2D eigenvalue weighted by molar-refractivity contribution is 6.31. The Balaban J connectivity index is 1.77. The molecule has 0 amide bonds. The van der Waals surface area contributed by atoms with Crippen LogP contribution in [0, 0.1) is 0 Å². The van der Waals surface area contributed by atoms with Crippen LogP contribution in [0.15, 0.2) is 48.5 Å². The second-order valence-electron chi connectivity index (χ2n) is 5.69. The Morgan fingerprint density at radius 3 is 2.52 bits per heavy atom. The molecule has 2 unspecified atom stereocenters. The van der Waals surface area contributed by atoms with Gasteiger partial charge < -0.3 is 11.5 Å². The van der Waals surface area contributed by atoms with Crippen molar-refractivity contribution >= 4 is 17.3 Å². The van der Waals surface area contributed by atoms with Crippen molar-refractivity contribution in [1.29, 1.82) is 0 Å². The van der Waals surface area contributed by atoms with Crippen molar-refractivity contribution in [1.82, 2.24) is 4.90 Å². The number of likely N-dealkylation sites (tertiary alicyclic amines) is 1. The normalized spacial score (nSPS) is 22.6. The average Bonchev–Trinajstić information content (AvgIpc) is 2.80. The van der Waals surface area contributed by atoms with Crippen molar-refractivity contribution in [3.05, 3.63) is 64.7 Å². The smallest absolute Gasteiger partial charge is 0.0462 e. The lowest BCUT2D eigenvalue weighted by atomic mass is 9.93. The highest BCUT2D eigenvalue weighted by atomic mass is 35.5. The Morgan fingerprint density at radius 1 is 1.05 bits per heavy atom. The van der Waals surface area contributed by atoms with Gasteiger partial charge in [0.05, 0.1) is 0 Å². The van der Waals surface area contributed by atoms with Crippen molar-refractivity contribution in [3.63, 3.8) is 0 Å². The Morgan fingerprint density at radius 2 is 1.81 bits per heavy atom. The first-order chi connectivity index (χ1) is 10.1. The highest BCUT2D eigenvalue weighted by Crippen LogP contribution is 2.35. The summed E-state index contributed by atoms with van der Waals surface area (Å²) < 4.78 is 0. The Kier molecular flexibility index (Phi) is 4.15. The summed E-state index contributed by atoms with van der Waals surface area (Å²) in [7, 11) is 0. The Bertz CT molecular complexity index is 594. The zero-order valence-corrected chi connectivity index (χ0v) is 12.6. The van der Waals surface area contributed by atoms with Gasteiger partial charge in [0.1, 0.15) is 0 Å². The maximum absolute atomic E-state index is 6.34. The van der Waals surface area contributed by atoms with Crippen LogP contribution in [0.3, 0.4) is 0 Å². The molecule has 1 saturated heterocycles. The summed E-state index contributed by atoms with van der Waals surface area (Å²) in [4.78, 5) is 2.37. The van der Waals surface area contributed by atoms with Gasteiger partial charge in [-0.05, 0) is 23.3 Å². The molecule has 3 rings (SSSR count). The molecule has 0 radical (unpaired) electrons. The molecule has 0 saturated carbocycles. The molecule has 1 aliphatic heterocycles. The monoisotopic (exact) mass is 301 g/mol. The highest BCUT2D eigenvalue weighted by Gasteiger charge is 2.33. The van der Waals surface area contributed by atoms with E-state index < -0.39 is 0 Å². The molecular formula is C17H20ClN3. The number of rotatable bonds is 3. The number of halogens is 1. The number of benzene rings is 2. The number of nitrogens with two attached hydrogens (primary N) is 2. The van der Waals surface area contributed by atoms with E-state index in [4.69, 9.17) is 23.1 Å². The summed E-state index contributed by atoms with van der Waals surface area (Å²) in [5, 5.41) is 0.719. The first kappa shape index (κ1) is 14.4. The summed E-state index contributed by atoms with van der Waals surface area (Å²) >= 11 is 6.33. The topological polar surface area (TPSA) is 55.3 Å². The third kappa shape index (κ3) is 3.05. The predicted octanol–water partition coefficient (Wildman–Crippen LogP) is 2.85. The lowest BCUT2D eigenvalue weighted by molar-refractivity contribution is 0.324. The van der Waals surface area contributed by atoms with E-state index in [9.17, 15) is 0 Å². The molecule has 110 valence electrons. The maximum atomic E-state index is 6.34. The number of nitrogens with zero attached hydrogens (tertiary/aromatic N) is 1. The number of anilines is 1. The molecule has 1 fully saturated rings. The van der Waals surface area contributed by atoms with Crippen LogP contribution >= 0.6 is 11.6 Å². The van der Waals surface area contributed by atoms with E-state index in [-0.39, 0.29) is 12.0 Å². The lowest BCUT2D eigenvalue weighted by Gasteiger charge is -2.19. The molecule has 0 aromatic heterocycles. The molecule has 21 heavy (non-hydrogen) atoms. The average molecular weight is 302 g/mol. The first-order valence-corrected chi connectivity index (χ1v) is 7.58. The van der Waals surface area contributed by atoms with Crippen LogP contribution in [0.4, 0.5) is 5.69 Å². The molecule has 0 spiro atoms. The SMILES string of the molecule is Nc1cccc(Cl)c1C1CN(Cc2ccccc2)CC1N. The van der Waals surface area contributed by atoms with E-state index in [1.54, 1.807) is 0 Å². The van der Waals surface area contributed by atoms with Crippen LogP contribution < -0.4 is 11.5 Å². The van der Waals surface area contributed by atoms with Crippen molar-refractivity contribution in [2.75, 3.05) is 18.8 Å². The van der Waals surface area contributed by atoms with E-state index in [0.29, 0.717) is 0 Å². The summed E-state index contributed by atoms with van der Waals surface area (Å²) in [6, 6.07) is 16.2. The molecule has 1 aliphatic rings. The maximum Gasteiger partial charge on any atom is 0.0462 e. The van der Waals surface area contributed by atoms with Gasteiger partial charge in [-0.3, -0.25) is 4.90 Å². The fourth-order valence-electron chi connectivity index (χ4n) is 3.13. The fraction of sp³-hybridized carbons (Fsp3) is 0.294. The fourth-order valence-corrected chi connectivity index (χ4v) is 3.46. The van der Waals surface area contributed by atoms with Crippen LogP contribution in [-0.2, 0) is 6.54 Å². The number of hydrogen-bond donors (Lipinski definition) is 2. The minimum absolute atomic E-state index is 0.0657. The molecule has 2 aromatic carbocycles. The zero-order chi connectivity index (χ0) is 14.8. The predicted molar refractivity (Wildman–Crippen MR) is 88.3 cm³/mol. The molecule has 0 bridgehead atoms. The largest absolute Gasteiger partial charge is 0.398 e. The lowest BCUT2D eigenvalue weighted by Crippen LogP contribution is -2.29. The van der Waals surface area contributed by atoms with Crippen LogP contribution in [-0.4, -0.2) is 24.0 Å². The van der Waals surface area contributed by atoms with Gasteiger partial charge in [-0.2, -0.15) is 0 Å². The van der Waals surface area contributed by atoms with Gasteiger partial charge in [0.15, 0.2) is 0 Å². The Hall–Kier alpha value is -1.55. The first-order valence-electron chi connectivity index (χ1n) is 7.21. The molecule has 4 heteroatoms. The minimum atomic E-state index is 0.0657. The van der Waals surface area contributed by atoms with E-state index in [1.807, 2.05) is 24.3 Å². The van der Waals surface area contributed by atoms with E-state index >= 15 is 0 Å². The standard InChI is InChI=1S/C17H20ClN3/c18-14-7-4-8-15(19)17(14)13-10-21(11-16(13)20)9-12-5-2-1-3-6-12/h1-8,13,16H,9-11,19-20H2. The van der Waals surface area contributed by atoms with Gasteiger partial charge in [-0.1, -0.05) is 48.0 Å². The van der Waals surface area contributed by atoms with Crippen molar-refractivity contribution in [3.8, 4) is 0 Å². The van der Waals surface area contributed by atoms with Gasteiger partial charge in [0.2, 0.25) is 0 Å². The second-order valence-corrected chi connectivity index (χ2v) is 6.10. The second kappa shape index (κ2) is 6.06. The summed E-state index contributed by atoms with van der Waals surface area (Å²) in [5.41, 5.74) is 15.5. The van der Waals surface area contributed by atoms with E-state index in [1.165, 1.54) is 5.56 Å². The third-order valence-electron chi connectivity index (χ3n) is 4.15. The van der Waals surface area contributed by atoms with Crippen molar-refractivity contribution in [2.24, 2.45) is 5.73 Å². The third-order valence-corrected chi connectivity index (χ3v) is 4.48.